The van der Waals surface area contributed by atoms with Crippen LogP contribution in [0.15, 0.2) is 54.1 Å². The summed E-state index contributed by atoms with van der Waals surface area (Å²) >= 11 is 0. The van der Waals surface area contributed by atoms with Crippen molar-refractivity contribution in [1.29, 1.82) is 0 Å². The van der Waals surface area contributed by atoms with Crippen molar-refractivity contribution in [1.82, 2.24) is 9.80 Å². The molecule has 0 aromatic heterocycles. The summed E-state index contributed by atoms with van der Waals surface area (Å²) in [6.45, 7) is 13.5. The molecule has 39 heavy (non-hydrogen) atoms. The number of nitrogens with zero attached hydrogens (tertiary/aromatic N) is 2. The van der Waals surface area contributed by atoms with Gasteiger partial charge in [-0.1, -0.05) is 70.5 Å². The van der Waals surface area contributed by atoms with Gasteiger partial charge in [-0.2, -0.15) is 0 Å². The van der Waals surface area contributed by atoms with Crippen molar-refractivity contribution in [2.24, 2.45) is 0 Å². The summed E-state index contributed by atoms with van der Waals surface area (Å²) in [4.78, 5) is 30.7. The van der Waals surface area contributed by atoms with Crippen LogP contribution in [0.3, 0.4) is 0 Å². The third-order valence-electron chi connectivity index (χ3n) is 7.48. The van der Waals surface area contributed by atoms with Gasteiger partial charge >= 0.3 is 0 Å². The largest absolute Gasteiger partial charge is 0.507 e. The number of ketones is 1. The lowest BCUT2D eigenvalue weighted by molar-refractivity contribution is -0.140. The van der Waals surface area contributed by atoms with Crippen molar-refractivity contribution in [3.63, 3.8) is 0 Å². The van der Waals surface area contributed by atoms with Gasteiger partial charge < -0.3 is 19.5 Å². The monoisotopic (exact) mass is 534 g/mol. The van der Waals surface area contributed by atoms with Crippen LogP contribution in [0.4, 0.5) is 0 Å². The number of benzene rings is 2. The molecule has 2 aromatic rings. The van der Waals surface area contributed by atoms with E-state index in [4.69, 9.17) is 9.47 Å². The number of unbranched alkanes of at least 4 members (excludes halogenated alkanes) is 1. The average molecular weight is 535 g/mol. The van der Waals surface area contributed by atoms with Crippen molar-refractivity contribution >= 4 is 17.4 Å². The molecule has 0 spiro atoms. The number of aliphatic hydroxyl groups is 1. The van der Waals surface area contributed by atoms with Crippen molar-refractivity contribution in [3.8, 4) is 5.75 Å². The smallest absolute Gasteiger partial charge is 0.295 e. The van der Waals surface area contributed by atoms with Gasteiger partial charge in [0.25, 0.3) is 11.7 Å². The number of hydrogen-bond donors (Lipinski definition) is 1. The average Bonchev–Trinajstić information content (AvgIpc) is 3.18. The molecule has 2 aromatic carbocycles. The second kappa shape index (κ2) is 12.8. The van der Waals surface area contributed by atoms with Crippen molar-refractivity contribution < 1.29 is 24.2 Å². The molecule has 0 saturated carbocycles. The Bertz CT molecular complexity index is 1180. The van der Waals surface area contributed by atoms with Crippen LogP contribution >= 0.6 is 0 Å². The van der Waals surface area contributed by atoms with Gasteiger partial charge in [0, 0.05) is 31.7 Å². The minimum Gasteiger partial charge on any atom is -0.507 e. The van der Waals surface area contributed by atoms with Crippen LogP contribution in [0.25, 0.3) is 5.76 Å². The Morgan fingerprint density at radius 2 is 1.74 bits per heavy atom. The zero-order valence-electron chi connectivity index (χ0n) is 23.7. The van der Waals surface area contributed by atoms with Crippen LogP contribution in [0.5, 0.6) is 5.75 Å². The normalized spacial score (nSPS) is 20.0. The third kappa shape index (κ3) is 6.89. The minimum atomic E-state index is -0.659. The van der Waals surface area contributed by atoms with Crippen molar-refractivity contribution in [2.45, 2.75) is 58.4 Å². The maximum Gasteiger partial charge on any atom is 0.295 e. The first kappa shape index (κ1) is 28.8. The van der Waals surface area contributed by atoms with Gasteiger partial charge in [0.05, 0.1) is 31.4 Å². The number of carbonyl (C=O) groups excluding carboxylic acids is 2. The Hall–Kier alpha value is -3.16. The van der Waals surface area contributed by atoms with E-state index in [0.717, 1.165) is 50.0 Å². The molecular formula is C32H42N2O5. The first-order valence-electron chi connectivity index (χ1n) is 14.1. The molecule has 7 heteroatoms. The van der Waals surface area contributed by atoms with E-state index in [1.54, 1.807) is 23.1 Å². The highest BCUT2D eigenvalue weighted by molar-refractivity contribution is 6.46. The number of likely N-dealkylation sites (tertiary alicyclic amines) is 1. The summed E-state index contributed by atoms with van der Waals surface area (Å²) in [6, 6.07) is 14.5. The fraction of sp³-hybridized carbons (Fsp3) is 0.500. The lowest BCUT2D eigenvalue weighted by Gasteiger charge is -2.29. The summed E-state index contributed by atoms with van der Waals surface area (Å²) in [5.41, 5.74) is 2.53. The maximum atomic E-state index is 13.4. The SMILES string of the molecule is CCCCOc1cccc(/C(O)=C2\C(=O)C(=O)N(CCCN3CCOCC3)C2c2ccc(C(C)(C)C)cc2)c1. The summed E-state index contributed by atoms with van der Waals surface area (Å²) in [5.74, 6) is -0.770. The van der Waals surface area contributed by atoms with Gasteiger partial charge in [-0.05, 0) is 41.5 Å². The second-order valence-corrected chi connectivity index (χ2v) is 11.4. The van der Waals surface area contributed by atoms with Crippen LogP contribution < -0.4 is 4.74 Å². The number of carbonyl (C=O) groups is 2. The van der Waals surface area contributed by atoms with Crippen LogP contribution in [-0.4, -0.2) is 72.6 Å². The van der Waals surface area contributed by atoms with Crippen molar-refractivity contribution in [2.75, 3.05) is 46.0 Å². The van der Waals surface area contributed by atoms with Gasteiger partial charge in [-0.25, -0.2) is 0 Å². The Morgan fingerprint density at radius 3 is 2.41 bits per heavy atom. The molecule has 0 aliphatic carbocycles. The summed E-state index contributed by atoms with van der Waals surface area (Å²) < 4.78 is 11.3. The Labute approximate surface area is 232 Å². The van der Waals surface area contributed by atoms with E-state index < -0.39 is 17.7 Å². The lowest BCUT2D eigenvalue weighted by atomic mass is 9.85. The molecule has 2 heterocycles. The Balaban J connectivity index is 1.67. The third-order valence-corrected chi connectivity index (χ3v) is 7.48. The van der Waals surface area contributed by atoms with Gasteiger partial charge in [-0.3, -0.25) is 14.5 Å². The molecule has 2 aliphatic rings. The number of ether oxygens (including phenoxy) is 2. The number of aliphatic hydroxyl groups excluding tert-OH is 1. The predicted octanol–water partition coefficient (Wildman–Crippen LogP) is 5.31. The first-order valence-corrected chi connectivity index (χ1v) is 14.1. The van der Waals surface area contributed by atoms with Gasteiger partial charge in [0.15, 0.2) is 0 Å². The van der Waals surface area contributed by atoms with Crippen LogP contribution in [0.2, 0.25) is 0 Å². The van der Waals surface area contributed by atoms with E-state index in [1.165, 1.54) is 0 Å². The topological polar surface area (TPSA) is 79.3 Å². The van der Waals surface area contributed by atoms with Crippen LogP contribution in [0.1, 0.15) is 69.7 Å². The van der Waals surface area contributed by atoms with Crippen molar-refractivity contribution in [3.05, 3.63) is 70.8 Å². The van der Waals surface area contributed by atoms with E-state index in [-0.39, 0.29) is 16.7 Å². The Morgan fingerprint density at radius 1 is 1.03 bits per heavy atom. The lowest BCUT2D eigenvalue weighted by Crippen LogP contribution is -2.39. The molecule has 1 atom stereocenters. The molecule has 0 bridgehead atoms. The number of morpholine rings is 1. The molecule has 0 radical (unpaired) electrons. The second-order valence-electron chi connectivity index (χ2n) is 11.4. The molecular weight excluding hydrogens is 492 g/mol. The molecule has 2 aliphatic heterocycles. The highest BCUT2D eigenvalue weighted by Gasteiger charge is 2.46. The number of Topliss-reactive ketones (excluding diaryl/α,β-unsaturated/α-hetero) is 1. The van der Waals surface area contributed by atoms with Crippen LogP contribution in [-0.2, 0) is 19.7 Å². The standard InChI is InChI=1S/C32H42N2O5/c1-5-6-19-39-26-10-7-9-24(22-26)29(35)27-28(23-11-13-25(14-12-23)32(2,3)4)34(31(37)30(27)36)16-8-15-33-17-20-38-21-18-33/h7,9-14,22,28,35H,5-6,8,15-21H2,1-4H3/b29-27+. The van der Waals surface area contributed by atoms with Gasteiger partial charge in [0.2, 0.25) is 0 Å². The predicted molar refractivity (Wildman–Crippen MR) is 153 cm³/mol. The minimum absolute atomic E-state index is 0.0310. The fourth-order valence-electron chi connectivity index (χ4n) is 5.14. The first-order chi connectivity index (χ1) is 18.7. The van der Waals surface area contributed by atoms with E-state index in [0.29, 0.717) is 37.7 Å². The van der Waals surface area contributed by atoms with E-state index in [2.05, 4.69) is 32.6 Å². The molecule has 2 fully saturated rings. The molecule has 1 amide bonds. The molecule has 4 rings (SSSR count). The zero-order chi connectivity index (χ0) is 28.0. The summed E-state index contributed by atoms with van der Waals surface area (Å²) in [6.07, 6.45) is 2.67. The Kier molecular flexibility index (Phi) is 9.46. The highest BCUT2D eigenvalue weighted by Crippen LogP contribution is 2.40. The quantitative estimate of drug-likeness (QED) is 0.193. The number of rotatable bonds is 10. The summed E-state index contributed by atoms with van der Waals surface area (Å²) in [7, 11) is 0. The van der Waals surface area contributed by atoms with Crippen LogP contribution in [0, 0.1) is 0 Å². The molecule has 1 unspecified atom stereocenters. The number of hydrogen-bond acceptors (Lipinski definition) is 6. The molecule has 210 valence electrons. The van der Waals surface area contributed by atoms with E-state index in [9.17, 15) is 14.7 Å². The van der Waals surface area contributed by atoms with E-state index >= 15 is 0 Å². The summed E-state index contributed by atoms with van der Waals surface area (Å²) in [5, 5.41) is 11.5. The molecule has 7 nitrogen and oxygen atoms in total. The van der Waals surface area contributed by atoms with Gasteiger partial charge in [0.1, 0.15) is 11.5 Å². The molecule has 2 saturated heterocycles. The highest BCUT2D eigenvalue weighted by atomic mass is 16.5. The molecule has 1 N–H and O–H groups in total. The fourth-order valence-corrected chi connectivity index (χ4v) is 5.14. The van der Waals surface area contributed by atoms with E-state index in [1.807, 2.05) is 30.3 Å². The maximum absolute atomic E-state index is 13.4. The number of amides is 1. The van der Waals surface area contributed by atoms with Gasteiger partial charge in [-0.15, -0.1) is 0 Å². The zero-order valence-corrected chi connectivity index (χ0v) is 23.7.